The number of hydrogen-bond acceptors (Lipinski definition) is 4. The first-order valence-electron chi connectivity index (χ1n) is 7.88. The lowest BCUT2D eigenvalue weighted by atomic mass is 10.1. The van der Waals surface area contributed by atoms with E-state index >= 15 is 0 Å². The Hall–Kier alpha value is -2.69. The van der Waals surface area contributed by atoms with Gasteiger partial charge in [0.25, 0.3) is 5.91 Å². The van der Waals surface area contributed by atoms with Gasteiger partial charge in [0.15, 0.2) is 11.5 Å². The number of amides is 1. The minimum atomic E-state index is -0.206. The van der Waals surface area contributed by atoms with Gasteiger partial charge in [-0.25, -0.2) is 0 Å². The molecule has 0 bridgehead atoms. The molecule has 0 saturated heterocycles. The fourth-order valence-corrected chi connectivity index (χ4v) is 2.77. The number of benzene rings is 2. The van der Waals surface area contributed by atoms with Crippen LogP contribution in [0.15, 0.2) is 36.4 Å². The van der Waals surface area contributed by atoms with Crippen LogP contribution in [0.3, 0.4) is 0 Å². The van der Waals surface area contributed by atoms with E-state index in [2.05, 4.69) is 11.4 Å². The lowest BCUT2D eigenvalue weighted by molar-refractivity contribution is 0.102. The molecule has 1 amide bonds. The molecule has 0 atom stereocenters. The second kappa shape index (κ2) is 6.83. The molecule has 1 aliphatic carbocycles. The monoisotopic (exact) mass is 327 g/mol. The highest BCUT2D eigenvalue weighted by atomic mass is 16.5. The van der Waals surface area contributed by atoms with E-state index in [4.69, 9.17) is 14.2 Å². The number of rotatable bonds is 6. The second-order valence-electron chi connectivity index (χ2n) is 5.73. The molecule has 24 heavy (non-hydrogen) atoms. The van der Waals surface area contributed by atoms with Gasteiger partial charge in [0.05, 0.1) is 21.3 Å². The Bertz CT molecular complexity index is 728. The summed E-state index contributed by atoms with van der Waals surface area (Å²) in [6, 6.07) is 11.2. The summed E-state index contributed by atoms with van der Waals surface area (Å²) in [7, 11) is 4.59. The molecule has 2 aromatic carbocycles. The highest BCUT2D eigenvalue weighted by Crippen LogP contribution is 2.43. The van der Waals surface area contributed by atoms with E-state index in [0.717, 1.165) is 5.69 Å². The van der Waals surface area contributed by atoms with Gasteiger partial charge >= 0.3 is 0 Å². The summed E-state index contributed by atoms with van der Waals surface area (Å²) >= 11 is 0. The van der Waals surface area contributed by atoms with Crippen molar-refractivity contribution in [3.05, 3.63) is 47.5 Å². The molecule has 5 nitrogen and oxygen atoms in total. The van der Waals surface area contributed by atoms with E-state index in [1.807, 2.05) is 18.2 Å². The van der Waals surface area contributed by atoms with Gasteiger partial charge < -0.3 is 19.5 Å². The average molecular weight is 327 g/mol. The quantitative estimate of drug-likeness (QED) is 0.876. The zero-order chi connectivity index (χ0) is 17.1. The Balaban J connectivity index is 1.90. The van der Waals surface area contributed by atoms with E-state index in [9.17, 15) is 4.79 Å². The summed E-state index contributed by atoms with van der Waals surface area (Å²) in [6.45, 7) is 0. The third kappa shape index (κ3) is 3.15. The molecule has 1 saturated carbocycles. The Morgan fingerprint density at radius 3 is 2.17 bits per heavy atom. The predicted octanol–water partition coefficient (Wildman–Crippen LogP) is 3.84. The van der Waals surface area contributed by atoms with Crippen LogP contribution in [0.1, 0.15) is 34.7 Å². The van der Waals surface area contributed by atoms with Gasteiger partial charge in [-0.1, -0.05) is 18.2 Å². The lowest BCUT2D eigenvalue weighted by Crippen LogP contribution is -2.13. The summed E-state index contributed by atoms with van der Waals surface area (Å²) in [5.41, 5.74) is 2.51. The van der Waals surface area contributed by atoms with Crippen molar-refractivity contribution in [2.45, 2.75) is 18.8 Å². The number of methoxy groups -OCH3 is 3. The summed E-state index contributed by atoms with van der Waals surface area (Å²) in [4.78, 5) is 12.7. The van der Waals surface area contributed by atoms with Crippen LogP contribution in [-0.2, 0) is 0 Å². The molecular formula is C19H21NO4. The third-order valence-corrected chi connectivity index (χ3v) is 4.15. The van der Waals surface area contributed by atoms with Crippen molar-refractivity contribution < 1.29 is 19.0 Å². The van der Waals surface area contributed by atoms with E-state index in [1.165, 1.54) is 39.7 Å². The van der Waals surface area contributed by atoms with Crippen LogP contribution in [0.2, 0.25) is 0 Å². The van der Waals surface area contributed by atoms with Gasteiger partial charge in [-0.15, -0.1) is 0 Å². The molecular weight excluding hydrogens is 306 g/mol. The first-order chi connectivity index (χ1) is 11.7. The van der Waals surface area contributed by atoms with Gasteiger partial charge in [0, 0.05) is 11.3 Å². The lowest BCUT2D eigenvalue weighted by Gasteiger charge is -2.15. The third-order valence-electron chi connectivity index (χ3n) is 4.15. The molecule has 0 heterocycles. The van der Waals surface area contributed by atoms with Crippen LogP contribution in [-0.4, -0.2) is 27.2 Å². The van der Waals surface area contributed by atoms with Gasteiger partial charge in [-0.05, 0) is 42.5 Å². The molecule has 2 aromatic rings. The van der Waals surface area contributed by atoms with Crippen molar-refractivity contribution in [1.29, 1.82) is 0 Å². The topological polar surface area (TPSA) is 56.8 Å². The first-order valence-corrected chi connectivity index (χ1v) is 7.88. The van der Waals surface area contributed by atoms with Crippen molar-refractivity contribution in [2.24, 2.45) is 0 Å². The molecule has 0 radical (unpaired) electrons. The van der Waals surface area contributed by atoms with Crippen molar-refractivity contribution in [3.8, 4) is 17.2 Å². The van der Waals surface area contributed by atoms with Gasteiger partial charge in [0.2, 0.25) is 5.75 Å². The molecule has 1 N–H and O–H groups in total. The van der Waals surface area contributed by atoms with Crippen LogP contribution in [0.4, 0.5) is 5.69 Å². The highest BCUT2D eigenvalue weighted by molar-refractivity contribution is 6.05. The molecule has 0 aliphatic heterocycles. The maximum absolute atomic E-state index is 12.7. The summed E-state index contributed by atoms with van der Waals surface area (Å²) in [6.07, 6.45) is 2.36. The standard InChI is InChI=1S/C19H21NO4/c1-22-16-10-13(11-17(23-2)18(16)24-3)19(21)20-15-7-5-4-6-14(15)12-8-9-12/h4-7,10-12H,8-9H2,1-3H3,(H,20,21). The molecule has 1 fully saturated rings. The number of anilines is 1. The minimum absolute atomic E-state index is 0.206. The summed E-state index contributed by atoms with van der Waals surface area (Å²) < 4.78 is 15.9. The van der Waals surface area contributed by atoms with Crippen molar-refractivity contribution >= 4 is 11.6 Å². The van der Waals surface area contributed by atoms with Gasteiger partial charge in [-0.3, -0.25) is 4.79 Å². The number of ether oxygens (including phenoxy) is 3. The highest BCUT2D eigenvalue weighted by Gasteiger charge is 2.26. The van der Waals surface area contributed by atoms with E-state index < -0.39 is 0 Å². The maximum Gasteiger partial charge on any atom is 0.255 e. The number of nitrogens with one attached hydrogen (secondary N) is 1. The maximum atomic E-state index is 12.7. The fraction of sp³-hybridized carbons (Fsp3) is 0.316. The first kappa shape index (κ1) is 16.2. The Labute approximate surface area is 141 Å². The minimum Gasteiger partial charge on any atom is -0.493 e. The largest absolute Gasteiger partial charge is 0.493 e. The second-order valence-corrected chi connectivity index (χ2v) is 5.73. The van der Waals surface area contributed by atoms with E-state index in [-0.39, 0.29) is 5.91 Å². The number of para-hydroxylation sites is 1. The Morgan fingerprint density at radius 2 is 1.62 bits per heavy atom. The van der Waals surface area contributed by atoms with Gasteiger partial charge in [-0.2, -0.15) is 0 Å². The van der Waals surface area contributed by atoms with Crippen molar-refractivity contribution in [1.82, 2.24) is 0 Å². The molecule has 126 valence electrons. The number of carbonyl (C=O) groups excluding carboxylic acids is 1. The predicted molar refractivity (Wildman–Crippen MR) is 92.5 cm³/mol. The van der Waals surface area contributed by atoms with E-state index in [1.54, 1.807) is 12.1 Å². The smallest absolute Gasteiger partial charge is 0.255 e. The molecule has 0 aromatic heterocycles. The average Bonchev–Trinajstić information content (AvgIpc) is 3.45. The normalized spacial score (nSPS) is 13.3. The number of hydrogen-bond donors (Lipinski definition) is 1. The van der Waals surface area contributed by atoms with Crippen LogP contribution in [0.5, 0.6) is 17.2 Å². The van der Waals surface area contributed by atoms with Crippen LogP contribution < -0.4 is 19.5 Å². The summed E-state index contributed by atoms with van der Waals surface area (Å²) in [5, 5.41) is 3.00. The van der Waals surface area contributed by atoms with Crippen LogP contribution in [0.25, 0.3) is 0 Å². The Kier molecular flexibility index (Phi) is 4.60. The van der Waals surface area contributed by atoms with Crippen molar-refractivity contribution in [3.63, 3.8) is 0 Å². The molecule has 0 unspecified atom stereocenters. The zero-order valence-electron chi connectivity index (χ0n) is 14.1. The molecule has 5 heteroatoms. The van der Waals surface area contributed by atoms with Gasteiger partial charge in [0.1, 0.15) is 0 Å². The number of carbonyl (C=O) groups is 1. The molecule has 3 rings (SSSR count). The summed E-state index contributed by atoms with van der Waals surface area (Å²) in [5.74, 6) is 1.73. The SMILES string of the molecule is COc1cc(C(=O)Nc2ccccc2C2CC2)cc(OC)c1OC. The van der Waals surface area contributed by atoms with Crippen LogP contribution in [0, 0.1) is 0 Å². The van der Waals surface area contributed by atoms with Crippen molar-refractivity contribution in [2.75, 3.05) is 26.6 Å². The Morgan fingerprint density at radius 1 is 1.00 bits per heavy atom. The zero-order valence-corrected chi connectivity index (χ0v) is 14.1. The van der Waals surface area contributed by atoms with Crippen LogP contribution >= 0.6 is 0 Å². The fourth-order valence-electron chi connectivity index (χ4n) is 2.77. The molecule has 1 aliphatic rings. The van der Waals surface area contributed by atoms with E-state index in [0.29, 0.717) is 28.7 Å². The molecule has 0 spiro atoms.